The maximum atomic E-state index is 12.3. The Balaban J connectivity index is 1.64. The summed E-state index contributed by atoms with van der Waals surface area (Å²) in [6, 6.07) is 17.3. The summed E-state index contributed by atoms with van der Waals surface area (Å²) in [5.74, 6) is -1.10. The number of hydrogen-bond acceptors (Lipinski definition) is 6. The van der Waals surface area contributed by atoms with E-state index in [4.69, 9.17) is 19.3 Å². The summed E-state index contributed by atoms with van der Waals surface area (Å²) >= 11 is 0. The molecule has 0 aromatic heterocycles. The fourth-order valence-corrected chi connectivity index (χ4v) is 5.00. The molecule has 0 fully saturated rings. The van der Waals surface area contributed by atoms with Crippen molar-refractivity contribution in [2.45, 2.75) is 63.7 Å². The molecule has 0 saturated heterocycles. The van der Waals surface area contributed by atoms with Gasteiger partial charge in [-0.2, -0.15) is 0 Å². The van der Waals surface area contributed by atoms with E-state index >= 15 is 0 Å². The number of aliphatic hydroxyl groups excluding tert-OH is 1. The molecule has 2 aromatic rings. The minimum absolute atomic E-state index is 0.00155. The lowest BCUT2D eigenvalue weighted by atomic mass is 9.82. The molecular weight excluding hydrogens is 516 g/mol. The molecule has 2 aromatic carbocycles. The molecule has 6 nitrogen and oxygen atoms in total. The van der Waals surface area contributed by atoms with Crippen LogP contribution in [0.25, 0.3) is 5.57 Å². The Labute approximate surface area is 244 Å². The third-order valence-electron chi connectivity index (χ3n) is 7.60. The summed E-state index contributed by atoms with van der Waals surface area (Å²) < 4.78 is 15.7. The molecule has 0 aliphatic heterocycles. The summed E-state index contributed by atoms with van der Waals surface area (Å²) in [6.45, 7) is 8.99. The first-order chi connectivity index (χ1) is 19.9. The largest absolute Gasteiger partial charge is 0.461 e. The predicted molar refractivity (Wildman–Crippen MR) is 163 cm³/mol. The molecule has 1 N–H and O–H groups in total. The number of hydrogen-bond donors (Lipinski definition) is 1. The summed E-state index contributed by atoms with van der Waals surface area (Å²) in [4.78, 5) is 24.3. The molecule has 2 unspecified atom stereocenters. The van der Waals surface area contributed by atoms with Gasteiger partial charge in [0.2, 0.25) is 0 Å². The highest BCUT2D eigenvalue weighted by Crippen LogP contribution is 2.36. The van der Waals surface area contributed by atoms with Crippen molar-refractivity contribution < 1.29 is 28.9 Å². The third-order valence-corrected chi connectivity index (χ3v) is 7.60. The van der Waals surface area contributed by atoms with Crippen LogP contribution in [0.5, 0.6) is 0 Å². The van der Waals surface area contributed by atoms with E-state index in [1.165, 1.54) is 43.1 Å². The van der Waals surface area contributed by atoms with Crippen LogP contribution in [-0.2, 0) is 30.2 Å². The average molecular weight is 561 g/mol. The van der Waals surface area contributed by atoms with Crippen molar-refractivity contribution >= 4 is 17.5 Å². The summed E-state index contributed by atoms with van der Waals surface area (Å²) in [5.41, 5.74) is 6.37. The first-order valence-electron chi connectivity index (χ1n) is 14.5. The van der Waals surface area contributed by atoms with Crippen LogP contribution >= 0.6 is 0 Å². The number of aliphatic hydroxyl groups is 1. The van der Waals surface area contributed by atoms with Gasteiger partial charge in [0.15, 0.2) is 0 Å². The highest BCUT2D eigenvalue weighted by atomic mass is 16.5. The van der Waals surface area contributed by atoms with Gasteiger partial charge in [-0.3, -0.25) is 0 Å². The van der Waals surface area contributed by atoms with E-state index in [0.717, 1.165) is 36.8 Å². The molecule has 2 atom stereocenters. The number of aryl methyl sites for hydroxylation is 1. The van der Waals surface area contributed by atoms with Crippen molar-refractivity contribution in [3.05, 3.63) is 101 Å². The van der Waals surface area contributed by atoms with E-state index in [2.05, 4.69) is 62.6 Å². The summed E-state index contributed by atoms with van der Waals surface area (Å²) in [7, 11) is 1.48. The molecule has 1 aliphatic rings. The number of esters is 2. The molecule has 220 valence electrons. The lowest BCUT2D eigenvalue weighted by Crippen LogP contribution is -2.21. The van der Waals surface area contributed by atoms with Crippen LogP contribution in [0.1, 0.15) is 79.5 Å². The van der Waals surface area contributed by atoms with Crippen molar-refractivity contribution in [3.8, 4) is 0 Å². The van der Waals surface area contributed by atoms with Gasteiger partial charge in [-0.1, -0.05) is 87.5 Å². The number of ether oxygens (including phenoxy) is 3. The Morgan fingerprint density at radius 2 is 1.61 bits per heavy atom. The highest BCUT2D eigenvalue weighted by molar-refractivity contribution is 5.88. The Bertz CT molecular complexity index is 1190. The standard InChI is InChI=1S/C35H44O6/c1-5-6-7-8-27-9-11-28(12-10-27)29-13-15-30(16-14-29)31-17-19-32(20-18-31)33(23-40-34(37)25(2)21-36)24-41-35(38)26(3)22-39-4/h9-12,15,17-20,29,33,36H,2-3,5-8,13-14,16,21-24H2,1,4H3. The maximum Gasteiger partial charge on any atom is 0.335 e. The summed E-state index contributed by atoms with van der Waals surface area (Å²) in [6.07, 6.45) is 10.4. The van der Waals surface area contributed by atoms with Gasteiger partial charge in [0.25, 0.3) is 0 Å². The van der Waals surface area contributed by atoms with Crippen molar-refractivity contribution in [2.75, 3.05) is 33.5 Å². The predicted octanol–water partition coefficient (Wildman–Crippen LogP) is 6.69. The van der Waals surface area contributed by atoms with E-state index in [1.807, 2.05) is 12.1 Å². The fraction of sp³-hybridized carbons (Fsp3) is 0.429. The number of carbonyl (C=O) groups excluding carboxylic acids is 2. The number of unbranched alkanes of at least 4 members (excludes halogenated alkanes) is 2. The molecule has 0 heterocycles. The number of allylic oxidation sites excluding steroid dienone is 2. The van der Waals surface area contributed by atoms with Gasteiger partial charge in [-0.05, 0) is 65.8 Å². The Morgan fingerprint density at radius 1 is 0.951 bits per heavy atom. The lowest BCUT2D eigenvalue weighted by molar-refractivity contribution is -0.143. The second-order valence-electron chi connectivity index (χ2n) is 10.7. The van der Waals surface area contributed by atoms with Crippen LogP contribution in [0.2, 0.25) is 0 Å². The van der Waals surface area contributed by atoms with Crippen molar-refractivity contribution in [1.29, 1.82) is 0 Å². The number of rotatable bonds is 16. The molecule has 0 radical (unpaired) electrons. The van der Waals surface area contributed by atoms with Gasteiger partial charge >= 0.3 is 11.9 Å². The van der Waals surface area contributed by atoms with Crippen molar-refractivity contribution in [2.24, 2.45) is 0 Å². The highest BCUT2D eigenvalue weighted by Gasteiger charge is 2.21. The van der Waals surface area contributed by atoms with Crippen LogP contribution in [0.15, 0.2) is 78.9 Å². The Morgan fingerprint density at radius 3 is 2.17 bits per heavy atom. The van der Waals surface area contributed by atoms with Crippen molar-refractivity contribution in [1.82, 2.24) is 0 Å². The quantitative estimate of drug-likeness (QED) is 0.140. The topological polar surface area (TPSA) is 82.1 Å². The normalized spacial score (nSPS) is 15.5. The van der Waals surface area contributed by atoms with Gasteiger partial charge in [-0.15, -0.1) is 0 Å². The molecule has 3 rings (SSSR count). The van der Waals surface area contributed by atoms with E-state index < -0.39 is 24.5 Å². The average Bonchev–Trinajstić information content (AvgIpc) is 3.01. The van der Waals surface area contributed by atoms with Crippen molar-refractivity contribution in [3.63, 3.8) is 0 Å². The molecular formula is C35H44O6. The van der Waals surface area contributed by atoms with Crippen LogP contribution < -0.4 is 0 Å². The molecule has 0 spiro atoms. The van der Waals surface area contributed by atoms with E-state index in [-0.39, 0.29) is 31.0 Å². The van der Waals surface area contributed by atoms with Crippen LogP contribution in [0, 0.1) is 0 Å². The zero-order valence-electron chi connectivity index (χ0n) is 24.5. The Kier molecular flexibility index (Phi) is 13.1. The van der Waals surface area contributed by atoms with E-state index in [1.54, 1.807) is 0 Å². The van der Waals surface area contributed by atoms with Crippen LogP contribution in [0.3, 0.4) is 0 Å². The number of benzene rings is 2. The molecule has 41 heavy (non-hydrogen) atoms. The molecule has 1 aliphatic carbocycles. The van der Waals surface area contributed by atoms with Gasteiger partial charge in [0.05, 0.1) is 30.3 Å². The van der Waals surface area contributed by atoms with Gasteiger partial charge in [-0.25, -0.2) is 9.59 Å². The van der Waals surface area contributed by atoms with Gasteiger partial charge in [0.1, 0.15) is 13.2 Å². The zero-order chi connectivity index (χ0) is 29.6. The zero-order valence-corrected chi connectivity index (χ0v) is 24.5. The van der Waals surface area contributed by atoms with Gasteiger partial charge in [0, 0.05) is 7.11 Å². The summed E-state index contributed by atoms with van der Waals surface area (Å²) in [5, 5.41) is 9.16. The lowest BCUT2D eigenvalue weighted by Gasteiger charge is -2.23. The third kappa shape index (κ3) is 9.83. The monoisotopic (exact) mass is 560 g/mol. The van der Waals surface area contributed by atoms with E-state index in [0.29, 0.717) is 5.92 Å². The second kappa shape index (κ2) is 16.7. The number of carbonyl (C=O) groups is 2. The van der Waals surface area contributed by atoms with E-state index in [9.17, 15) is 9.59 Å². The van der Waals surface area contributed by atoms with Crippen LogP contribution in [-0.4, -0.2) is 50.6 Å². The molecule has 6 heteroatoms. The smallest absolute Gasteiger partial charge is 0.335 e. The molecule has 0 amide bonds. The molecule has 0 bridgehead atoms. The maximum absolute atomic E-state index is 12.3. The molecule has 0 saturated carbocycles. The number of methoxy groups -OCH3 is 1. The fourth-order valence-electron chi connectivity index (χ4n) is 5.00. The first kappa shape index (κ1) is 32.0. The second-order valence-corrected chi connectivity index (χ2v) is 10.7. The SMILES string of the molecule is C=C(CO)C(=O)OCC(COC(=O)C(=C)COC)c1ccc(C2=CCC(c3ccc(CCCCC)cc3)CC2)cc1. The van der Waals surface area contributed by atoms with Crippen LogP contribution in [0.4, 0.5) is 0 Å². The van der Waals surface area contributed by atoms with Gasteiger partial charge < -0.3 is 19.3 Å². The Hall–Kier alpha value is -3.48. The minimum Gasteiger partial charge on any atom is -0.461 e. The first-order valence-corrected chi connectivity index (χ1v) is 14.5. The minimum atomic E-state index is -0.683.